The molecule has 1 saturated heterocycles. The van der Waals surface area contributed by atoms with Crippen molar-refractivity contribution in [2.75, 3.05) is 13.2 Å². The molecule has 0 aromatic carbocycles. The number of thiazole rings is 1. The maximum Gasteiger partial charge on any atom is 0.255 e. The molecule has 25 heavy (non-hydrogen) atoms. The predicted molar refractivity (Wildman–Crippen MR) is 93.4 cm³/mol. The molecule has 0 aliphatic carbocycles. The number of rotatable bonds is 7. The van der Waals surface area contributed by atoms with Crippen LogP contribution in [0.25, 0.3) is 0 Å². The molecule has 0 spiro atoms. The number of ether oxygens (including phenoxy) is 2. The van der Waals surface area contributed by atoms with Gasteiger partial charge >= 0.3 is 0 Å². The van der Waals surface area contributed by atoms with Gasteiger partial charge in [-0.3, -0.25) is 4.79 Å². The summed E-state index contributed by atoms with van der Waals surface area (Å²) in [5.41, 5.74) is 3.98. The van der Waals surface area contributed by atoms with E-state index >= 15 is 0 Å². The molecule has 3 rings (SSSR count). The van der Waals surface area contributed by atoms with Crippen LogP contribution in [0.2, 0.25) is 0 Å². The van der Waals surface area contributed by atoms with Gasteiger partial charge in [0.15, 0.2) is 0 Å². The SMILES string of the molecule is CCCc1ncncc1C(=O)N[C@@H]1COCC[C@@H]1OCc1cscn1. The summed E-state index contributed by atoms with van der Waals surface area (Å²) >= 11 is 1.54. The van der Waals surface area contributed by atoms with Gasteiger partial charge in [-0.15, -0.1) is 11.3 Å². The Bertz CT molecular complexity index is 680. The average molecular weight is 362 g/mol. The van der Waals surface area contributed by atoms with E-state index in [9.17, 15) is 4.79 Å². The van der Waals surface area contributed by atoms with Crippen molar-refractivity contribution in [3.63, 3.8) is 0 Å². The van der Waals surface area contributed by atoms with Gasteiger partial charge in [0.05, 0.1) is 47.8 Å². The summed E-state index contributed by atoms with van der Waals surface area (Å²) in [6.07, 6.45) is 5.35. The first-order valence-corrected chi connectivity index (χ1v) is 9.38. The number of amides is 1. The molecule has 1 amide bonds. The molecule has 8 heteroatoms. The maximum absolute atomic E-state index is 12.7. The van der Waals surface area contributed by atoms with Gasteiger partial charge in [0.1, 0.15) is 6.33 Å². The van der Waals surface area contributed by atoms with Crippen LogP contribution >= 0.6 is 11.3 Å². The summed E-state index contributed by atoms with van der Waals surface area (Å²) in [5, 5.41) is 4.99. The van der Waals surface area contributed by atoms with E-state index < -0.39 is 0 Å². The van der Waals surface area contributed by atoms with Gasteiger partial charge in [0.25, 0.3) is 5.91 Å². The minimum absolute atomic E-state index is 0.0985. The fourth-order valence-electron chi connectivity index (χ4n) is 2.78. The van der Waals surface area contributed by atoms with Gasteiger partial charge in [0.2, 0.25) is 0 Å². The first-order valence-electron chi connectivity index (χ1n) is 8.44. The fourth-order valence-corrected chi connectivity index (χ4v) is 3.32. The van der Waals surface area contributed by atoms with E-state index in [1.165, 1.54) is 6.33 Å². The molecule has 1 N–H and O–H groups in total. The second-order valence-electron chi connectivity index (χ2n) is 5.91. The highest BCUT2D eigenvalue weighted by atomic mass is 32.1. The monoisotopic (exact) mass is 362 g/mol. The number of nitrogens with zero attached hydrogens (tertiary/aromatic N) is 3. The van der Waals surface area contributed by atoms with Crippen molar-refractivity contribution in [3.8, 4) is 0 Å². The third kappa shape index (κ3) is 4.81. The van der Waals surface area contributed by atoms with Gasteiger partial charge in [0, 0.05) is 18.2 Å². The van der Waals surface area contributed by atoms with Crippen molar-refractivity contribution >= 4 is 17.2 Å². The van der Waals surface area contributed by atoms with Gasteiger partial charge in [-0.2, -0.15) is 0 Å². The van der Waals surface area contributed by atoms with E-state index in [4.69, 9.17) is 9.47 Å². The molecule has 7 nitrogen and oxygen atoms in total. The highest BCUT2D eigenvalue weighted by Gasteiger charge is 2.29. The molecule has 2 aromatic heterocycles. The average Bonchev–Trinajstić information content (AvgIpc) is 3.15. The van der Waals surface area contributed by atoms with Gasteiger partial charge in [-0.05, 0) is 12.8 Å². The summed E-state index contributed by atoms with van der Waals surface area (Å²) in [5.74, 6) is -0.179. The van der Waals surface area contributed by atoms with Gasteiger partial charge in [-0.25, -0.2) is 15.0 Å². The Labute approximate surface area is 150 Å². The molecule has 134 valence electrons. The molecule has 3 heterocycles. The van der Waals surface area contributed by atoms with Crippen molar-refractivity contribution in [1.82, 2.24) is 20.3 Å². The van der Waals surface area contributed by atoms with E-state index in [0.717, 1.165) is 30.7 Å². The van der Waals surface area contributed by atoms with Crippen molar-refractivity contribution in [2.24, 2.45) is 0 Å². The topological polar surface area (TPSA) is 86.2 Å². The van der Waals surface area contributed by atoms with E-state index in [0.29, 0.717) is 25.4 Å². The van der Waals surface area contributed by atoms with Crippen LogP contribution in [-0.2, 0) is 22.5 Å². The van der Waals surface area contributed by atoms with E-state index in [1.54, 1.807) is 23.0 Å². The van der Waals surface area contributed by atoms with Gasteiger partial charge < -0.3 is 14.8 Å². The number of carbonyl (C=O) groups excluding carboxylic acids is 1. The Morgan fingerprint density at radius 2 is 2.40 bits per heavy atom. The van der Waals surface area contributed by atoms with Crippen molar-refractivity contribution in [1.29, 1.82) is 0 Å². The molecule has 1 fully saturated rings. The third-order valence-corrected chi connectivity index (χ3v) is 4.70. The molecule has 0 saturated carbocycles. The first-order chi connectivity index (χ1) is 12.3. The highest BCUT2D eigenvalue weighted by molar-refractivity contribution is 7.07. The summed E-state index contributed by atoms with van der Waals surface area (Å²) < 4.78 is 11.5. The second kappa shape index (κ2) is 8.98. The fraction of sp³-hybridized carbons (Fsp3) is 0.529. The maximum atomic E-state index is 12.7. The quantitative estimate of drug-likeness (QED) is 0.811. The molecule has 1 aliphatic rings. The molecule has 2 aromatic rings. The largest absolute Gasteiger partial charge is 0.379 e. The van der Waals surface area contributed by atoms with E-state index in [2.05, 4.69) is 27.2 Å². The Balaban J connectivity index is 1.63. The number of aryl methyl sites for hydroxylation is 1. The molecular formula is C17H22N4O3S. The van der Waals surface area contributed by atoms with Crippen LogP contribution in [0.4, 0.5) is 0 Å². The standard InChI is InChI=1S/C17H22N4O3S/c1-2-3-14-13(6-18-10-19-14)17(22)21-15-8-23-5-4-16(15)24-7-12-9-25-11-20-12/h6,9-11,15-16H,2-5,7-8H2,1H3,(H,21,22)/t15-,16+/m1/s1. The molecular weight excluding hydrogens is 340 g/mol. The van der Waals surface area contributed by atoms with Crippen molar-refractivity contribution in [2.45, 2.75) is 44.9 Å². The summed E-state index contributed by atoms with van der Waals surface area (Å²) in [7, 11) is 0. The smallest absolute Gasteiger partial charge is 0.255 e. The van der Waals surface area contributed by atoms with Crippen LogP contribution in [0.1, 0.15) is 41.5 Å². The lowest BCUT2D eigenvalue weighted by Crippen LogP contribution is -2.50. The van der Waals surface area contributed by atoms with Crippen molar-refractivity contribution in [3.05, 3.63) is 40.4 Å². The lowest BCUT2D eigenvalue weighted by Gasteiger charge is -2.32. The Morgan fingerprint density at radius 3 is 3.20 bits per heavy atom. The number of carbonyl (C=O) groups is 1. The number of hydrogen-bond acceptors (Lipinski definition) is 7. The normalized spacial score (nSPS) is 20.4. The van der Waals surface area contributed by atoms with Crippen LogP contribution in [-0.4, -0.2) is 46.2 Å². The zero-order valence-corrected chi connectivity index (χ0v) is 15.0. The molecule has 0 radical (unpaired) electrons. The summed E-state index contributed by atoms with van der Waals surface area (Å²) in [6, 6.07) is -0.199. The zero-order valence-electron chi connectivity index (χ0n) is 14.2. The minimum atomic E-state index is -0.199. The zero-order chi connectivity index (χ0) is 17.5. The van der Waals surface area contributed by atoms with Gasteiger partial charge in [-0.1, -0.05) is 13.3 Å². The lowest BCUT2D eigenvalue weighted by molar-refractivity contribution is -0.0611. The molecule has 0 unspecified atom stereocenters. The number of hydrogen-bond donors (Lipinski definition) is 1. The van der Waals surface area contributed by atoms with Crippen LogP contribution in [0.3, 0.4) is 0 Å². The number of nitrogens with one attached hydrogen (secondary N) is 1. The Morgan fingerprint density at radius 1 is 1.48 bits per heavy atom. The van der Waals surface area contributed by atoms with E-state index in [1.807, 2.05) is 5.38 Å². The van der Waals surface area contributed by atoms with Crippen molar-refractivity contribution < 1.29 is 14.3 Å². The van der Waals surface area contributed by atoms with Crippen LogP contribution in [0.15, 0.2) is 23.4 Å². The second-order valence-corrected chi connectivity index (χ2v) is 6.62. The molecule has 1 aliphatic heterocycles. The third-order valence-electron chi connectivity index (χ3n) is 4.06. The molecule has 0 bridgehead atoms. The lowest BCUT2D eigenvalue weighted by atomic mass is 10.0. The summed E-state index contributed by atoms with van der Waals surface area (Å²) in [4.78, 5) is 25.1. The Kier molecular flexibility index (Phi) is 6.43. The van der Waals surface area contributed by atoms with Crippen LogP contribution in [0.5, 0.6) is 0 Å². The number of aromatic nitrogens is 3. The van der Waals surface area contributed by atoms with Crippen LogP contribution < -0.4 is 5.32 Å². The highest BCUT2D eigenvalue weighted by Crippen LogP contribution is 2.16. The summed E-state index contributed by atoms with van der Waals surface area (Å²) in [6.45, 7) is 3.56. The minimum Gasteiger partial charge on any atom is -0.379 e. The Hall–Kier alpha value is -1.90. The van der Waals surface area contributed by atoms with E-state index in [-0.39, 0.29) is 18.1 Å². The first kappa shape index (κ1) is 17.9. The van der Waals surface area contributed by atoms with Crippen LogP contribution in [0, 0.1) is 0 Å². The predicted octanol–water partition coefficient (Wildman–Crippen LogP) is 1.99. The molecule has 2 atom stereocenters.